The molecule has 3 aliphatic rings. The fourth-order valence-corrected chi connectivity index (χ4v) is 6.32. The van der Waals surface area contributed by atoms with Crippen LogP contribution in [0.2, 0.25) is 0 Å². The Hall–Kier alpha value is -3.22. The Labute approximate surface area is 199 Å². The summed E-state index contributed by atoms with van der Waals surface area (Å²) in [6, 6.07) is 12.4. The molecule has 0 spiro atoms. The van der Waals surface area contributed by atoms with Gasteiger partial charge in [-0.3, -0.25) is 19.2 Å². The van der Waals surface area contributed by atoms with E-state index in [-0.39, 0.29) is 24.9 Å². The lowest BCUT2D eigenvalue weighted by molar-refractivity contribution is -0.149. The minimum absolute atomic E-state index is 0.208. The molecule has 2 N–H and O–H groups in total. The van der Waals surface area contributed by atoms with Crippen LogP contribution >= 0.6 is 0 Å². The van der Waals surface area contributed by atoms with E-state index in [2.05, 4.69) is 0 Å². The van der Waals surface area contributed by atoms with Crippen molar-refractivity contribution in [2.24, 2.45) is 11.7 Å². The second-order valence-corrected chi connectivity index (χ2v) is 9.94. The molecule has 3 fully saturated rings. The first kappa shape index (κ1) is 22.6. The lowest BCUT2D eigenvalue weighted by Crippen LogP contribution is -2.64. The Morgan fingerprint density at radius 3 is 2.44 bits per heavy atom. The third-order valence-electron chi connectivity index (χ3n) is 8.07. The highest BCUT2D eigenvalue weighted by Gasteiger charge is 2.67. The van der Waals surface area contributed by atoms with E-state index in [0.29, 0.717) is 24.3 Å². The molecule has 178 valence electrons. The van der Waals surface area contributed by atoms with Crippen LogP contribution in [-0.4, -0.2) is 58.0 Å². The Bertz CT molecular complexity index is 1160. The number of primary amides is 1. The monoisotopic (exact) mass is 461 g/mol. The number of hydrogen-bond donors (Lipinski definition) is 1. The minimum atomic E-state index is -1.75. The summed E-state index contributed by atoms with van der Waals surface area (Å²) >= 11 is 0. The maximum absolute atomic E-state index is 13.5. The van der Waals surface area contributed by atoms with Gasteiger partial charge in [0.15, 0.2) is 5.78 Å². The molecule has 2 unspecified atom stereocenters. The number of likely N-dealkylation sites (tertiary alicyclic amines) is 2. The lowest BCUT2D eigenvalue weighted by Gasteiger charge is -2.35. The highest BCUT2D eigenvalue weighted by Crippen LogP contribution is 2.41. The summed E-state index contributed by atoms with van der Waals surface area (Å²) in [5, 5.41) is 1.93. The van der Waals surface area contributed by atoms with Gasteiger partial charge in [0.05, 0.1) is 12.6 Å². The van der Waals surface area contributed by atoms with Gasteiger partial charge in [0.25, 0.3) is 11.8 Å². The number of nitrogens with two attached hydrogens (primary N) is 1. The van der Waals surface area contributed by atoms with Crippen LogP contribution in [0, 0.1) is 5.92 Å². The van der Waals surface area contributed by atoms with E-state index in [4.69, 9.17) is 5.73 Å². The molecule has 1 saturated carbocycles. The number of benzene rings is 2. The van der Waals surface area contributed by atoms with Gasteiger partial charge in [-0.15, -0.1) is 0 Å². The number of carbonyl (C=O) groups excluding carboxylic acids is 4. The number of carbonyl (C=O) groups is 4. The predicted octanol–water partition coefficient (Wildman–Crippen LogP) is 3.05. The van der Waals surface area contributed by atoms with Gasteiger partial charge in [0.2, 0.25) is 11.4 Å². The molecule has 0 radical (unpaired) electrons. The van der Waals surface area contributed by atoms with Gasteiger partial charge in [-0.25, -0.2) is 0 Å². The molecule has 2 saturated heterocycles. The molecular formula is C27H31N3O4. The van der Waals surface area contributed by atoms with E-state index < -0.39 is 23.3 Å². The third kappa shape index (κ3) is 3.58. The summed E-state index contributed by atoms with van der Waals surface area (Å²) < 4.78 is 0. The Balaban J connectivity index is 1.38. The van der Waals surface area contributed by atoms with Gasteiger partial charge in [0.1, 0.15) is 0 Å². The number of nitrogens with zero attached hydrogens (tertiary/aromatic N) is 2. The van der Waals surface area contributed by atoms with Crippen molar-refractivity contribution in [1.29, 1.82) is 0 Å². The molecule has 34 heavy (non-hydrogen) atoms. The van der Waals surface area contributed by atoms with Crippen LogP contribution in [0.1, 0.15) is 61.7 Å². The van der Waals surface area contributed by atoms with Gasteiger partial charge in [0, 0.05) is 18.5 Å². The van der Waals surface area contributed by atoms with Crippen molar-refractivity contribution < 1.29 is 19.2 Å². The van der Waals surface area contributed by atoms with Gasteiger partial charge in [-0.05, 0) is 41.7 Å². The number of fused-ring (bicyclic) bond motifs is 2. The van der Waals surface area contributed by atoms with E-state index in [1.165, 1.54) is 29.1 Å². The van der Waals surface area contributed by atoms with Gasteiger partial charge < -0.3 is 15.5 Å². The largest absolute Gasteiger partial charge is 0.367 e. The van der Waals surface area contributed by atoms with Gasteiger partial charge in [-0.2, -0.15) is 0 Å². The second-order valence-electron chi connectivity index (χ2n) is 9.94. The van der Waals surface area contributed by atoms with Crippen molar-refractivity contribution in [2.75, 3.05) is 13.1 Å². The predicted molar refractivity (Wildman–Crippen MR) is 128 cm³/mol. The average Bonchev–Trinajstić information content (AvgIpc) is 3.39. The summed E-state index contributed by atoms with van der Waals surface area (Å²) in [4.78, 5) is 55.6. The van der Waals surface area contributed by atoms with Crippen LogP contribution in [0.15, 0.2) is 42.5 Å². The fraction of sp³-hybridized carbons (Fsp3) is 0.481. The quantitative estimate of drug-likeness (QED) is 0.692. The van der Waals surface area contributed by atoms with E-state index in [1.54, 1.807) is 12.1 Å². The highest BCUT2D eigenvalue weighted by molar-refractivity contribution is 6.18. The van der Waals surface area contributed by atoms with Crippen molar-refractivity contribution in [3.63, 3.8) is 0 Å². The van der Waals surface area contributed by atoms with Crippen LogP contribution < -0.4 is 5.73 Å². The van der Waals surface area contributed by atoms with Gasteiger partial charge >= 0.3 is 0 Å². The van der Waals surface area contributed by atoms with Crippen LogP contribution in [0.5, 0.6) is 0 Å². The molecule has 2 aromatic rings. The Morgan fingerprint density at radius 2 is 1.71 bits per heavy atom. The second kappa shape index (κ2) is 8.85. The smallest absolute Gasteiger partial charge is 0.254 e. The molecule has 3 amide bonds. The van der Waals surface area contributed by atoms with Crippen LogP contribution in [-0.2, 0) is 14.4 Å². The molecule has 7 nitrogen and oxygen atoms in total. The first-order chi connectivity index (χ1) is 16.4. The molecule has 2 aliphatic heterocycles. The Morgan fingerprint density at radius 1 is 0.971 bits per heavy atom. The van der Waals surface area contributed by atoms with E-state index in [0.717, 1.165) is 30.0 Å². The van der Waals surface area contributed by atoms with E-state index in [9.17, 15) is 19.2 Å². The standard InChI is InChI=1S/C27H31N3O4/c28-26(34)27-22(14-15-30(27)24(32)13-10-18-6-2-1-3-7-18)29(17-23(27)31)25(33)21-12-11-19-8-4-5-9-20(19)16-21/h4-5,8-9,11-12,16,18,22H,1-3,6-7,10,13-15,17H2,(H2,28,34). The van der Waals surface area contributed by atoms with Crippen molar-refractivity contribution in [3.05, 3.63) is 48.0 Å². The number of amides is 3. The highest BCUT2D eigenvalue weighted by atomic mass is 16.2. The summed E-state index contributed by atoms with van der Waals surface area (Å²) in [5.74, 6) is -1.29. The zero-order chi connectivity index (χ0) is 23.9. The molecule has 2 atom stereocenters. The molecule has 1 aliphatic carbocycles. The normalized spacial score (nSPS) is 25.1. The van der Waals surface area contributed by atoms with Crippen LogP contribution in [0.25, 0.3) is 10.8 Å². The third-order valence-corrected chi connectivity index (χ3v) is 8.07. The maximum atomic E-state index is 13.5. The van der Waals surface area contributed by atoms with E-state index in [1.807, 2.05) is 30.3 Å². The molecular weight excluding hydrogens is 430 g/mol. The zero-order valence-electron chi connectivity index (χ0n) is 19.4. The summed E-state index contributed by atoms with van der Waals surface area (Å²) in [6.07, 6.45) is 7.33. The molecule has 2 aromatic carbocycles. The van der Waals surface area contributed by atoms with Gasteiger partial charge in [-0.1, -0.05) is 62.4 Å². The minimum Gasteiger partial charge on any atom is -0.367 e. The first-order valence-corrected chi connectivity index (χ1v) is 12.4. The first-order valence-electron chi connectivity index (χ1n) is 12.4. The molecule has 5 rings (SSSR count). The van der Waals surface area contributed by atoms with Crippen molar-refractivity contribution in [1.82, 2.24) is 9.80 Å². The molecule has 7 heteroatoms. The van der Waals surface area contributed by atoms with Crippen molar-refractivity contribution in [2.45, 2.75) is 62.9 Å². The molecule has 0 bridgehead atoms. The van der Waals surface area contributed by atoms with Crippen molar-refractivity contribution >= 4 is 34.3 Å². The lowest BCUT2D eigenvalue weighted by atomic mass is 9.85. The summed E-state index contributed by atoms with van der Waals surface area (Å²) in [7, 11) is 0. The van der Waals surface area contributed by atoms with Crippen molar-refractivity contribution in [3.8, 4) is 0 Å². The zero-order valence-corrected chi connectivity index (χ0v) is 19.4. The van der Waals surface area contributed by atoms with Crippen LogP contribution in [0.3, 0.4) is 0 Å². The number of Topliss-reactive ketones (excluding diaryl/α,β-unsaturated/α-hetero) is 1. The van der Waals surface area contributed by atoms with E-state index >= 15 is 0 Å². The molecule has 2 heterocycles. The topological polar surface area (TPSA) is 101 Å². The SMILES string of the molecule is NC(=O)C12C(=O)CN(C(=O)c3ccc4ccccc4c3)C1CCN2C(=O)CCC1CCCCC1. The average molecular weight is 462 g/mol. The fourth-order valence-electron chi connectivity index (χ4n) is 6.32. The number of hydrogen-bond acceptors (Lipinski definition) is 4. The summed E-state index contributed by atoms with van der Waals surface area (Å²) in [5.41, 5.74) is 4.51. The molecule has 0 aromatic heterocycles. The maximum Gasteiger partial charge on any atom is 0.254 e. The number of ketones is 1. The number of rotatable bonds is 5. The summed E-state index contributed by atoms with van der Waals surface area (Å²) in [6.45, 7) is 0.0377. The van der Waals surface area contributed by atoms with Crippen LogP contribution in [0.4, 0.5) is 0 Å². The Kier molecular flexibility index (Phi) is 5.88.